The molecule has 0 fully saturated rings. The van der Waals surface area contributed by atoms with E-state index in [1.807, 2.05) is 0 Å². The monoisotopic (exact) mass is 228 g/mol. The molecular formula is C15H20N2. The molecule has 0 amide bonds. The van der Waals surface area contributed by atoms with E-state index in [0.717, 1.165) is 6.42 Å². The molecule has 2 heteroatoms. The number of rotatable bonds is 4. The molecule has 0 spiro atoms. The summed E-state index contributed by atoms with van der Waals surface area (Å²) in [7, 11) is 0. The van der Waals surface area contributed by atoms with Gasteiger partial charge in [-0.15, -0.1) is 0 Å². The van der Waals surface area contributed by atoms with Gasteiger partial charge in [0.25, 0.3) is 0 Å². The average molecular weight is 228 g/mol. The number of aromatic nitrogens is 1. The minimum absolute atomic E-state index is 0.515. The second-order valence-corrected chi connectivity index (χ2v) is 4.64. The Kier molecular flexibility index (Phi) is 3.64. The van der Waals surface area contributed by atoms with Gasteiger partial charge in [-0.25, -0.2) is 0 Å². The lowest BCUT2D eigenvalue weighted by molar-refractivity contribution is 0.848. The summed E-state index contributed by atoms with van der Waals surface area (Å²) in [4.78, 5) is 3.33. The highest BCUT2D eigenvalue weighted by Crippen LogP contribution is 2.30. The molecule has 0 radical (unpaired) electrons. The summed E-state index contributed by atoms with van der Waals surface area (Å²) in [6.45, 7) is 5.16. The van der Waals surface area contributed by atoms with Crippen molar-refractivity contribution >= 4 is 16.5 Å². The highest BCUT2D eigenvalue weighted by molar-refractivity contribution is 5.92. The first kappa shape index (κ1) is 11.9. The lowest BCUT2D eigenvalue weighted by atomic mass is 9.94. The van der Waals surface area contributed by atoms with Gasteiger partial charge in [0.15, 0.2) is 0 Å². The Morgan fingerprint density at radius 3 is 2.82 bits per heavy atom. The molecule has 0 aliphatic carbocycles. The molecule has 2 rings (SSSR count). The molecule has 1 aromatic carbocycles. The number of H-pyrrole nitrogens is 1. The standard InChI is InChI=1S/C15H20N2/c1-11(2)12(7-5-9-16)14-10-17-15-8-4-3-6-13(14)15/h3-4,6-8,10-11,17H,5,9,16H2,1-2H3/b12-7+. The van der Waals surface area contributed by atoms with Crippen LogP contribution in [0.25, 0.3) is 16.5 Å². The van der Waals surface area contributed by atoms with Crippen molar-refractivity contribution in [1.82, 2.24) is 4.98 Å². The van der Waals surface area contributed by atoms with Gasteiger partial charge in [-0.3, -0.25) is 0 Å². The van der Waals surface area contributed by atoms with Crippen molar-refractivity contribution in [3.63, 3.8) is 0 Å². The first-order chi connectivity index (χ1) is 8.24. The maximum atomic E-state index is 5.59. The zero-order chi connectivity index (χ0) is 12.3. The smallest absolute Gasteiger partial charge is 0.0460 e. The minimum atomic E-state index is 0.515. The largest absolute Gasteiger partial charge is 0.361 e. The predicted octanol–water partition coefficient (Wildman–Crippen LogP) is 3.56. The Bertz CT molecular complexity index is 520. The third-order valence-corrected chi connectivity index (χ3v) is 3.05. The molecule has 0 saturated heterocycles. The van der Waals surface area contributed by atoms with Crippen LogP contribution < -0.4 is 5.73 Å². The quantitative estimate of drug-likeness (QED) is 0.825. The van der Waals surface area contributed by atoms with Crippen molar-refractivity contribution in [3.8, 4) is 0 Å². The number of hydrogen-bond acceptors (Lipinski definition) is 1. The van der Waals surface area contributed by atoms with Crippen LogP contribution in [0.2, 0.25) is 0 Å². The van der Waals surface area contributed by atoms with Gasteiger partial charge in [0.2, 0.25) is 0 Å². The van der Waals surface area contributed by atoms with Gasteiger partial charge in [0, 0.05) is 22.7 Å². The number of nitrogens with two attached hydrogens (primary N) is 1. The molecule has 90 valence electrons. The van der Waals surface area contributed by atoms with Crippen molar-refractivity contribution in [2.45, 2.75) is 20.3 Å². The number of para-hydroxylation sites is 1. The second-order valence-electron chi connectivity index (χ2n) is 4.64. The molecule has 0 saturated carbocycles. The number of allylic oxidation sites excluding steroid dienone is 1. The highest BCUT2D eigenvalue weighted by Gasteiger charge is 2.10. The van der Waals surface area contributed by atoms with Crippen LogP contribution in [-0.4, -0.2) is 11.5 Å². The molecule has 2 aromatic rings. The van der Waals surface area contributed by atoms with E-state index < -0.39 is 0 Å². The Balaban J connectivity index is 2.49. The summed E-state index contributed by atoms with van der Waals surface area (Å²) >= 11 is 0. The van der Waals surface area contributed by atoms with Crippen LogP contribution in [0, 0.1) is 5.92 Å². The van der Waals surface area contributed by atoms with Crippen LogP contribution in [-0.2, 0) is 0 Å². The normalized spacial score (nSPS) is 12.6. The molecule has 2 nitrogen and oxygen atoms in total. The van der Waals surface area contributed by atoms with E-state index in [9.17, 15) is 0 Å². The lowest BCUT2D eigenvalue weighted by Crippen LogP contribution is -1.99. The molecule has 0 unspecified atom stereocenters. The summed E-state index contributed by atoms with van der Waals surface area (Å²) in [6, 6.07) is 8.42. The van der Waals surface area contributed by atoms with E-state index >= 15 is 0 Å². The fourth-order valence-electron chi connectivity index (χ4n) is 2.21. The molecule has 1 heterocycles. The van der Waals surface area contributed by atoms with Gasteiger partial charge in [0.1, 0.15) is 0 Å². The molecule has 3 N–H and O–H groups in total. The second kappa shape index (κ2) is 5.19. The van der Waals surface area contributed by atoms with Gasteiger partial charge < -0.3 is 10.7 Å². The summed E-state index contributed by atoms with van der Waals surface area (Å²) in [6.07, 6.45) is 5.31. The lowest BCUT2D eigenvalue weighted by Gasteiger charge is -2.10. The van der Waals surface area contributed by atoms with Crippen molar-refractivity contribution in [2.75, 3.05) is 6.54 Å². The van der Waals surface area contributed by atoms with Crippen molar-refractivity contribution < 1.29 is 0 Å². The van der Waals surface area contributed by atoms with Crippen LogP contribution in [0.5, 0.6) is 0 Å². The first-order valence-corrected chi connectivity index (χ1v) is 6.20. The van der Waals surface area contributed by atoms with Gasteiger partial charge in [-0.2, -0.15) is 0 Å². The van der Waals surface area contributed by atoms with Gasteiger partial charge in [-0.1, -0.05) is 38.1 Å². The summed E-state index contributed by atoms with van der Waals surface area (Å²) in [5, 5.41) is 1.30. The SMILES string of the molecule is CC(C)/C(=C\CCN)c1c[nH]c2ccccc12. The molecule has 1 aromatic heterocycles. The molecule has 17 heavy (non-hydrogen) atoms. The van der Waals surface area contributed by atoms with Crippen molar-refractivity contribution in [1.29, 1.82) is 0 Å². The number of aromatic amines is 1. The fourth-order valence-corrected chi connectivity index (χ4v) is 2.21. The minimum Gasteiger partial charge on any atom is -0.361 e. The number of nitrogens with one attached hydrogen (secondary N) is 1. The Labute approximate surface area is 103 Å². The third kappa shape index (κ3) is 2.42. The zero-order valence-electron chi connectivity index (χ0n) is 10.5. The summed E-state index contributed by atoms with van der Waals surface area (Å²) in [5.74, 6) is 0.515. The molecule has 0 aliphatic rings. The first-order valence-electron chi connectivity index (χ1n) is 6.20. The van der Waals surface area contributed by atoms with E-state index in [4.69, 9.17) is 5.73 Å². The molecule has 0 atom stereocenters. The Morgan fingerprint density at radius 1 is 1.35 bits per heavy atom. The average Bonchev–Trinajstić information content (AvgIpc) is 2.73. The van der Waals surface area contributed by atoms with E-state index in [-0.39, 0.29) is 0 Å². The van der Waals surface area contributed by atoms with Crippen molar-refractivity contribution in [2.24, 2.45) is 11.7 Å². The maximum absolute atomic E-state index is 5.59. The maximum Gasteiger partial charge on any atom is 0.0460 e. The molecule has 0 aliphatic heterocycles. The Morgan fingerprint density at radius 2 is 2.12 bits per heavy atom. The summed E-state index contributed by atoms with van der Waals surface area (Å²) in [5.41, 5.74) is 9.48. The van der Waals surface area contributed by atoms with Gasteiger partial charge >= 0.3 is 0 Å². The van der Waals surface area contributed by atoms with Crippen LogP contribution >= 0.6 is 0 Å². The van der Waals surface area contributed by atoms with E-state index in [1.165, 1.54) is 22.0 Å². The van der Waals surface area contributed by atoms with E-state index in [0.29, 0.717) is 12.5 Å². The van der Waals surface area contributed by atoms with E-state index in [2.05, 4.69) is 55.4 Å². The van der Waals surface area contributed by atoms with Crippen LogP contribution in [0.4, 0.5) is 0 Å². The molecule has 0 bridgehead atoms. The number of benzene rings is 1. The predicted molar refractivity (Wildman–Crippen MR) is 74.8 cm³/mol. The number of hydrogen-bond donors (Lipinski definition) is 2. The van der Waals surface area contributed by atoms with Crippen LogP contribution in [0.1, 0.15) is 25.8 Å². The van der Waals surface area contributed by atoms with Gasteiger partial charge in [0.05, 0.1) is 0 Å². The third-order valence-electron chi connectivity index (χ3n) is 3.05. The fraction of sp³-hybridized carbons (Fsp3) is 0.333. The van der Waals surface area contributed by atoms with Crippen molar-refractivity contribution in [3.05, 3.63) is 42.1 Å². The number of fused-ring (bicyclic) bond motifs is 1. The molecular weight excluding hydrogens is 208 g/mol. The topological polar surface area (TPSA) is 41.8 Å². The Hall–Kier alpha value is -1.54. The highest BCUT2D eigenvalue weighted by atomic mass is 14.7. The van der Waals surface area contributed by atoms with E-state index in [1.54, 1.807) is 0 Å². The van der Waals surface area contributed by atoms with Gasteiger partial charge in [-0.05, 0) is 30.5 Å². The van der Waals surface area contributed by atoms with Crippen LogP contribution in [0.15, 0.2) is 36.5 Å². The van der Waals surface area contributed by atoms with Crippen LogP contribution in [0.3, 0.4) is 0 Å². The summed E-state index contributed by atoms with van der Waals surface area (Å²) < 4.78 is 0. The zero-order valence-corrected chi connectivity index (χ0v) is 10.5.